The van der Waals surface area contributed by atoms with Crippen LogP contribution in [0.15, 0.2) is 59.9 Å². The molecule has 2 aromatic heterocycles. The predicted octanol–water partition coefficient (Wildman–Crippen LogP) is 5.46. The molecule has 0 aliphatic heterocycles. The van der Waals surface area contributed by atoms with Gasteiger partial charge in [0, 0.05) is 40.4 Å². The van der Waals surface area contributed by atoms with Gasteiger partial charge in [-0.3, -0.25) is 9.36 Å². The van der Waals surface area contributed by atoms with Gasteiger partial charge in [-0.1, -0.05) is 42.1 Å². The van der Waals surface area contributed by atoms with E-state index < -0.39 is 0 Å². The summed E-state index contributed by atoms with van der Waals surface area (Å²) in [5, 5.41) is 10.8. The Labute approximate surface area is 193 Å². The molecule has 1 N–H and O–H groups in total. The zero-order valence-electron chi connectivity index (χ0n) is 19.2. The van der Waals surface area contributed by atoms with Gasteiger partial charge in [0.05, 0.1) is 5.75 Å². The smallest absolute Gasteiger partial charge is 0.233 e. The van der Waals surface area contributed by atoms with Crippen LogP contribution >= 0.6 is 11.8 Å². The van der Waals surface area contributed by atoms with Crippen molar-refractivity contribution in [3.8, 4) is 17.1 Å². The van der Waals surface area contributed by atoms with Crippen LogP contribution in [0.3, 0.4) is 0 Å². The molecule has 0 atom stereocenters. The molecule has 2 aromatic carbocycles. The van der Waals surface area contributed by atoms with E-state index in [1.165, 1.54) is 11.8 Å². The maximum atomic E-state index is 13.0. The number of carbonyl (C=O) groups is 1. The minimum Gasteiger partial charge on any atom is -0.360 e. The number of aromatic amines is 1. The molecule has 0 unspecified atom stereocenters. The lowest BCUT2D eigenvalue weighted by Crippen LogP contribution is -2.43. The molecule has 4 aromatic rings. The Hall–Kier alpha value is -3.06. The van der Waals surface area contributed by atoms with Gasteiger partial charge in [0.15, 0.2) is 11.0 Å². The SMILES string of the molecule is Cc1cccc(-n2c(SCC(=O)N(C(C)C)C(C)C)nnc2-c2c[nH]c3ccccc23)c1. The molecule has 0 radical (unpaired) electrons. The van der Waals surface area contributed by atoms with Crippen molar-refractivity contribution in [3.63, 3.8) is 0 Å². The van der Waals surface area contributed by atoms with E-state index in [0.29, 0.717) is 10.9 Å². The third-order valence-corrected chi connectivity index (χ3v) is 6.36. The Morgan fingerprint density at radius 3 is 2.53 bits per heavy atom. The number of rotatable bonds is 7. The fourth-order valence-electron chi connectivity index (χ4n) is 4.17. The lowest BCUT2D eigenvalue weighted by molar-refractivity contribution is -0.131. The van der Waals surface area contributed by atoms with Crippen LogP contribution in [0.1, 0.15) is 33.3 Å². The van der Waals surface area contributed by atoms with Gasteiger partial charge in [0.25, 0.3) is 0 Å². The highest BCUT2D eigenvalue weighted by atomic mass is 32.2. The van der Waals surface area contributed by atoms with E-state index >= 15 is 0 Å². The number of aryl methyl sites for hydroxylation is 1. The summed E-state index contributed by atoms with van der Waals surface area (Å²) in [6.45, 7) is 10.3. The highest BCUT2D eigenvalue weighted by Crippen LogP contribution is 2.32. The fraction of sp³-hybridized carbons (Fsp3) is 0.320. The quantitative estimate of drug-likeness (QED) is 0.382. The molecule has 32 heavy (non-hydrogen) atoms. The summed E-state index contributed by atoms with van der Waals surface area (Å²) in [6, 6.07) is 16.7. The van der Waals surface area contributed by atoms with Crippen LogP contribution in [-0.4, -0.2) is 48.4 Å². The Morgan fingerprint density at radius 1 is 1.06 bits per heavy atom. The molecule has 0 fully saturated rings. The van der Waals surface area contributed by atoms with Crippen LogP contribution in [0, 0.1) is 6.92 Å². The van der Waals surface area contributed by atoms with Gasteiger partial charge in [-0.25, -0.2) is 0 Å². The summed E-state index contributed by atoms with van der Waals surface area (Å²) in [6.07, 6.45) is 1.97. The van der Waals surface area contributed by atoms with Crippen molar-refractivity contribution in [2.75, 3.05) is 5.75 Å². The molecule has 1 amide bonds. The number of hydrogen-bond donors (Lipinski definition) is 1. The first-order valence-electron chi connectivity index (χ1n) is 10.9. The number of aromatic nitrogens is 4. The molecule has 0 spiro atoms. The second-order valence-electron chi connectivity index (χ2n) is 8.51. The highest BCUT2D eigenvalue weighted by Gasteiger charge is 2.23. The van der Waals surface area contributed by atoms with Crippen LogP contribution in [0.25, 0.3) is 28.0 Å². The molecular formula is C25H29N5OS. The van der Waals surface area contributed by atoms with E-state index in [-0.39, 0.29) is 18.0 Å². The molecule has 0 aliphatic rings. The number of nitrogens with zero attached hydrogens (tertiary/aromatic N) is 4. The van der Waals surface area contributed by atoms with Gasteiger partial charge in [-0.15, -0.1) is 10.2 Å². The van der Waals surface area contributed by atoms with E-state index in [9.17, 15) is 4.79 Å². The largest absolute Gasteiger partial charge is 0.360 e. The van der Waals surface area contributed by atoms with Gasteiger partial charge >= 0.3 is 0 Å². The van der Waals surface area contributed by atoms with Gasteiger partial charge in [-0.2, -0.15) is 0 Å². The molecule has 6 nitrogen and oxygen atoms in total. The zero-order valence-corrected chi connectivity index (χ0v) is 20.0. The average molecular weight is 448 g/mol. The molecule has 0 saturated heterocycles. The van der Waals surface area contributed by atoms with Crippen LogP contribution in [0.5, 0.6) is 0 Å². The topological polar surface area (TPSA) is 66.8 Å². The van der Waals surface area contributed by atoms with Crippen molar-refractivity contribution >= 4 is 28.6 Å². The first-order valence-corrected chi connectivity index (χ1v) is 11.9. The number of amides is 1. The normalized spacial score (nSPS) is 11.6. The van der Waals surface area contributed by atoms with Crippen LogP contribution in [0.2, 0.25) is 0 Å². The summed E-state index contributed by atoms with van der Waals surface area (Å²) in [5.74, 6) is 1.17. The number of para-hydroxylation sites is 1. The number of hydrogen-bond acceptors (Lipinski definition) is 4. The highest BCUT2D eigenvalue weighted by molar-refractivity contribution is 7.99. The molecule has 0 bridgehead atoms. The van der Waals surface area contributed by atoms with Crippen LogP contribution in [-0.2, 0) is 4.79 Å². The molecule has 7 heteroatoms. The van der Waals surface area contributed by atoms with Crippen LogP contribution in [0.4, 0.5) is 0 Å². The average Bonchev–Trinajstić information content (AvgIpc) is 3.35. The van der Waals surface area contributed by atoms with Crippen molar-refractivity contribution in [1.29, 1.82) is 0 Å². The molecule has 166 valence electrons. The zero-order chi connectivity index (χ0) is 22.8. The summed E-state index contributed by atoms with van der Waals surface area (Å²) in [4.78, 5) is 18.2. The van der Waals surface area contributed by atoms with Crippen molar-refractivity contribution < 1.29 is 4.79 Å². The Morgan fingerprint density at radius 2 is 1.81 bits per heavy atom. The second-order valence-corrected chi connectivity index (χ2v) is 9.45. The number of benzene rings is 2. The first kappa shape index (κ1) is 22.1. The van der Waals surface area contributed by atoms with Crippen molar-refractivity contribution in [2.24, 2.45) is 0 Å². The lowest BCUT2D eigenvalue weighted by atomic mass is 10.1. The van der Waals surface area contributed by atoms with E-state index in [2.05, 4.69) is 50.9 Å². The number of carbonyl (C=O) groups excluding carboxylic acids is 1. The van der Waals surface area contributed by atoms with Gasteiger partial charge in [0.1, 0.15) is 0 Å². The van der Waals surface area contributed by atoms with E-state index in [1.807, 2.05) is 63.1 Å². The monoisotopic (exact) mass is 447 g/mol. The minimum absolute atomic E-state index is 0.104. The standard InChI is InChI=1S/C25H29N5OS/c1-16(2)29(17(3)4)23(31)15-32-25-28-27-24(30(25)19-10-8-9-18(5)13-19)21-14-26-22-12-7-6-11-20(21)22/h6-14,16-17,26H,15H2,1-5H3. The van der Waals surface area contributed by atoms with Crippen molar-refractivity contribution in [3.05, 3.63) is 60.3 Å². The molecule has 4 rings (SSSR count). The Balaban J connectivity index is 1.75. The third-order valence-electron chi connectivity index (χ3n) is 5.45. The molecular weight excluding hydrogens is 418 g/mol. The number of H-pyrrole nitrogens is 1. The van der Waals surface area contributed by atoms with Gasteiger partial charge in [-0.05, 0) is 58.4 Å². The second kappa shape index (κ2) is 9.20. The molecule has 0 aliphatic carbocycles. The first-order chi connectivity index (χ1) is 15.4. The van der Waals surface area contributed by atoms with Crippen LogP contribution < -0.4 is 0 Å². The van der Waals surface area contributed by atoms with Gasteiger partial charge < -0.3 is 9.88 Å². The van der Waals surface area contributed by atoms with E-state index in [1.54, 1.807) is 0 Å². The van der Waals surface area contributed by atoms with E-state index in [4.69, 9.17) is 0 Å². The number of thioether (sulfide) groups is 1. The van der Waals surface area contributed by atoms with Crippen molar-refractivity contribution in [2.45, 2.75) is 51.9 Å². The van der Waals surface area contributed by atoms with E-state index in [0.717, 1.165) is 33.5 Å². The molecule has 2 heterocycles. The number of nitrogens with one attached hydrogen (secondary N) is 1. The lowest BCUT2D eigenvalue weighted by Gasteiger charge is -2.30. The van der Waals surface area contributed by atoms with Crippen molar-refractivity contribution in [1.82, 2.24) is 24.6 Å². The minimum atomic E-state index is 0.104. The molecule has 0 saturated carbocycles. The maximum Gasteiger partial charge on any atom is 0.233 e. The Bertz CT molecular complexity index is 1230. The predicted molar refractivity (Wildman–Crippen MR) is 131 cm³/mol. The summed E-state index contributed by atoms with van der Waals surface area (Å²) in [7, 11) is 0. The summed E-state index contributed by atoms with van der Waals surface area (Å²) >= 11 is 1.43. The van der Waals surface area contributed by atoms with Gasteiger partial charge in [0.2, 0.25) is 5.91 Å². The third kappa shape index (κ3) is 4.30. The fourth-order valence-corrected chi connectivity index (χ4v) is 4.99. The Kier molecular flexibility index (Phi) is 6.37. The maximum absolute atomic E-state index is 13.0. The summed E-state index contributed by atoms with van der Waals surface area (Å²) in [5.41, 5.74) is 4.17. The number of fused-ring (bicyclic) bond motifs is 1. The summed E-state index contributed by atoms with van der Waals surface area (Å²) < 4.78 is 2.05.